The van der Waals surface area contributed by atoms with E-state index in [4.69, 9.17) is 17.3 Å². The van der Waals surface area contributed by atoms with E-state index in [0.29, 0.717) is 5.82 Å². The van der Waals surface area contributed by atoms with Gasteiger partial charge in [0.05, 0.1) is 10.4 Å². The Bertz CT molecular complexity index is 568. The highest BCUT2D eigenvalue weighted by molar-refractivity contribution is 7.16. The van der Waals surface area contributed by atoms with E-state index in [-0.39, 0.29) is 12.0 Å². The number of thiophene rings is 1. The number of nitrogens with two attached hydrogens (primary N) is 1. The second-order valence-corrected chi connectivity index (χ2v) is 6.43. The second kappa shape index (κ2) is 5.75. The zero-order chi connectivity index (χ0) is 14.0. The Kier molecular flexibility index (Phi) is 4.27. The lowest BCUT2D eigenvalue weighted by molar-refractivity contribution is 0.828. The van der Waals surface area contributed by atoms with Crippen LogP contribution in [0.25, 0.3) is 0 Å². The zero-order valence-electron chi connectivity index (χ0n) is 11.1. The third-order valence-corrected chi connectivity index (χ3v) is 4.28. The molecule has 0 amide bonds. The minimum Gasteiger partial charge on any atom is -0.383 e. The summed E-state index contributed by atoms with van der Waals surface area (Å²) in [6.45, 7) is 6.23. The maximum atomic E-state index is 5.96. The molecule has 0 bridgehead atoms. The smallest absolute Gasteiger partial charge is 0.135 e. The molecule has 2 aromatic rings. The normalized spacial score (nSPS) is 12.7. The first-order valence-electron chi connectivity index (χ1n) is 6.11. The molecule has 3 N–H and O–H groups in total. The maximum absolute atomic E-state index is 5.96. The van der Waals surface area contributed by atoms with Gasteiger partial charge in [-0.05, 0) is 25.0 Å². The Morgan fingerprint density at radius 2 is 2.00 bits per heavy atom. The van der Waals surface area contributed by atoms with Crippen molar-refractivity contribution in [3.8, 4) is 0 Å². The highest BCUT2D eigenvalue weighted by Gasteiger charge is 2.16. The van der Waals surface area contributed by atoms with E-state index < -0.39 is 0 Å². The lowest BCUT2D eigenvalue weighted by Crippen LogP contribution is -2.12. The van der Waals surface area contributed by atoms with Gasteiger partial charge in [0.15, 0.2) is 0 Å². The van der Waals surface area contributed by atoms with Gasteiger partial charge in [0.25, 0.3) is 0 Å². The number of anilines is 2. The molecule has 1 unspecified atom stereocenters. The van der Waals surface area contributed by atoms with E-state index in [1.54, 1.807) is 11.3 Å². The minimum atomic E-state index is 0.129. The molecule has 1 atom stereocenters. The summed E-state index contributed by atoms with van der Waals surface area (Å²) in [6.07, 6.45) is 1.48. The Morgan fingerprint density at radius 1 is 1.26 bits per heavy atom. The van der Waals surface area contributed by atoms with Gasteiger partial charge >= 0.3 is 0 Å². The van der Waals surface area contributed by atoms with Crippen molar-refractivity contribution < 1.29 is 0 Å². The molecule has 102 valence electrons. The minimum absolute atomic E-state index is 0.129. The van der Waals surface area contributed by atoms with Crippen molar-refractivity contribution in [3.05, 3.63) is 33.2 Å². The Labute approximate surface area is 122 Å². The van der Waals surface area contributed by atoms with Crippen LogP contribution in [0, 0.1) is 0 Å². The van der Waals surface area contributed by atoms with Gasteiger partial charge in [0.1, 0.15) is 18.0 Å². The Balaban J connectivity index is 2.26. The highest BCUT2D eigenvalue weighted by Crippen LogP contribution is 2.32. The largest absolute Gasteiger partial charge is 0.383 e. The summed E-state index contributed by atoms with van der Waals surface area (Å²) in [7, 11) is 0. The van der Waals surface area contributed by atoms with Crippen LogP contribution in [0.5, 0.6) is 0 Å². The molecular weight excluding hydrogens is 280 g/mol. The molecule has 6 heteroatoms. The van der Waals surface area contributed by atoms with Gasteiger partial charge in [-0.15, -0.1) is 11.3 Å². The van der Waals surface area contributed by atoms with Crippen LogP contribution in [0.4, 0.5) is 11.6 Å². The maximum Gasteiger partial charge on any atom is 0.135 e. The summed E-state index contributed by atoms with van der Waals surface area (Å²) in [5.74, 6) is 1.59. The average molecular weight is 297 g/mol. The van der Waals surface area contributed by atoms with Crippen molar-refractivity contribution in [1.82, 2.24) is 9.97 Å². The molecule has 0 aliphatic heterocycles. The van der Waals surface area contributed by atoms with Crippen molar-refractivity contribution in [2.45, 2.75) is 32.7 Å². The van der Waals surface area contributed by atoms with Crippen molar-refractivity contribution >= 4 is 34.6 Å². The van der Waals surface area contributed by atoms with Crippen molar-refractivity contribution in [2.75, 3.05) is 11.1 Å². The molecule has 19 heavy (non-hydrogen) atoms. The van der Waals surface area contributed by atoms with Crippen molar-refractivity contribution in [1.29, 1.82) is 0 Å². The van der Waals surface area contributed by atoms with Gasteiger partial charge < -0.3 is 11.1 Å². The summed E-state index contributed by atoms with van der Waals surface area (Å²) in [5.41, 5.74) is 6.89. The van der Waals surface area contributed by atoms with Crippen LogP contribution in [0.1, 0.15) is 43.2 Å². The van der Waals surface area contributed by atoms with Crippen LogP contribution in [0.3, 0.4) is 0 Å². The Morgan fingerprint density at radius 3 is 2.58 bits per heavy atom. The summed E-state index contributed by atoms with van der Waals surface area (Å²) >= 11 is 7.52. The topological polar surface area (TPSA) is 63.8 Å². The van der Waals surface area contributed by atoms with Crippen LogP contribution in [-0.4, -0.2) is 9.97 Å². The molecule has 2 heterocycles. The van der Waals surface area contributed by atoms with Gasteiger partial charge in [-0.2, -0.15) is 0 Å². The number of nitrogens with zero attached hydrogens (tertiary/aromatic N) is 2. The van der Waals surface area contributed by atoms with Crippen LogP contribution >= 0.6 is 22.9 Å². The monoisotopic (exact) mass is 296 g/mol. The van der Waals surface area contributed by atoms with E-state index in [1.807, 2.05) is 12.1 Å². The SMILES string of the molecule is CC(C)c1c(N)ncnc1NC(C)c1ccc(Cl)s1. The predicted molar refractivity (Wildman–Crippen MR) is 81.9 cm³/mol. The molecule has 0 aliphatic carbocycles. The van der Waals surface area contributed by atoms with Crippen LogP contribution in [-0.2, 0) is 0 Å². The fourth-order valence-corrected chi connectivity index (χ4v) is 2.99. The molecule has 0 radical (unpaired) electrons. The van der Waals surface area contributed by atoms with Crippen molar-refractivity contribution in [2.24, 2.45) is 0 Å². The summed E-state index contributed by atoms with van der Waals surface area (Å²) in [4.78, 5) is 9.52. The molecule has 0 aromatic carbocycles. The van der Waals surface area contributed by atoms with Gasteiger partial charge in [-0.3, -0.25) is 0 Å². The number of hydrogen-bond acceptors (Lipinski definition) is 5. The third kappa shape index (κ3) is 3.16. The van der Waals surface area contributed by atoms with E-state index in [9.17, 15) is 0 Å². The first-order valence-corrected chi connectivity index (χ1v) is 7.30. The Hall–Kier alpha value is -1.33. The van der Waals surface area contributed by atoms with Gasteiger partial charge in [0.2, 0.25) is 0 Å². The standard InChI is InChI=1S/C13H17ClN4S/c1-7(2)11-12(15)16-6-17-13(11)18-8(3)9-4-5-10(14)19-9/h4-8H,1-3H3,(H3,15,16,17,18). The fraction of sp³-hybridized carbons (Fsp3) is 0.385. The molecule has 2 rings (SSSR count). The van der Waals surface area contributed by atoms with Gasteiger partial charge in [-0.25, -0.2) is 9.97 Å². The molecule has 0 saturated carbocycles. The average Bonchev–Trinajstić information content (AvgIpc) is 2.75. The number of hydrogen-bond donors (Lipinski definition) is 2. The molecule has 0 aliphatic rings. The second-order valence-electron chi connectivity index (χ2n) is 4.68. The lowest BCUT2D eigenvalue weighted by atomic mass is 10.0. The quantitative estimate of drug-likeness (QED) is 0.892. The zero-order valence-corrected chi connectivity index (χ0v) is 12.7. The first kappa shape index (κ1) is 14.1. The molecule has 0 spiro atoms. The van der Waals surface area contributed by atoms with Crippen molar-refractivity contribution in [3.63, 3.8) is 0 Å². The van der Waals surface area contributed by atoms with E-state index in [1.165, 1.54) is 6.33 Å². The lowest BCUT2D eigenvalue weighted by Gasteiger charge is -2.18. The third-order valence-electron chi connectivity index (χ3n) is 2.87. The molecule has 2 aromatic heterocycles. The van der Waals surface area contributed by atoms with E-state index in [0.717, 1.165) is 20.6 Å². The number of rotatable bonds is 4. The number of aromatic nitrogens is 2. The van der Waals surface area contributed by atoms with E-state index in [2.05, 4.69) is 36.1 Å². The number of nitrogen functional groups attached to an aromatic ring is 1. The van der Waals surface area contributed by atoms with E-state index >= 15 is 0 Å². The molecule has 4 nitrogen and oxygen atoms in total. The summed E-state index contributed by atoms with van der Waals surface area (Å²) in [5, 5.41) is 3.38. The summed E-state index contributed by atoms with van der Waals surface area (Å²) in [6, 6.07) is 4.05. The number of halogens is 1. The van der Waals surface area contributed by atoms with Crippen LogP contribution < -0.4 is 11.1 Å². The fourth-order valence-electron chi connectivity index (χ4n) is 1.93. The number of nitrogens with one attached hydrogen (secondary N) is 1. The molecular formula is C13H17ClN4S. The van der Waals surface area contributed by atoms with Crippen LogP contribution in [0.2, 0.25) is 4.34 Å². The van der Waals surface area contributed by atoms with Gasteiger partial charge in [0, 0.05) is 10.4 Å². The summed E-state index contributed by atoms with van der Waals surface area (Å²) < 4.78 is 0.787. The molecule has 0 saturated heterocycles. The predicted octanol–water partition coefficient (Wildman–Crippen LogP) is 4.07. The molecule has 0 fully saturated rings. The highest BCUT2D eigenvalue weighted by atomic mass is 35.5. The van der Waals surface area contributed by atoms with Crippen LogP contribution in [0.15, 0.2) is 18.5 Å². The van der Waals surface area contributed by atoms with Gasteiger partial charge in [-0.1, -0.05) is 25.4 Å². The first-order chi connectivity index (χ1) is 8.99.